The molecule has 0 saturated carbocycles. The second kappa shape index (κ2) is 4.02. The number of benzene rings is 1. The molecule has 0 aliphatic carbocycles. The molecule has 0 amide bonds. The summed E-state index contributed by atoms with van der Waals surface area (Å²) in [6.45, 7) is 2.47. The molecule has 1 aromatic carbocycles. The summed E-state index contributed by atoms with van der Waals surface area (Å²) in [6, 6.07) is 2.13. The summed E-state index contributed by atoms with van der Waals surface area (Å²) in [5, 5.41) is 3.44. The maximum Gasteiger partial charge on any atom is 0.186 e. The van der Waals surface area contributed by atoms with Gasteiger partial charge < -0.3 is 19.7 Å². The number of hydrogen-bond donors (Lipinski definition) is 1. The van der Waals surface area contributed by atoms with Gasteiger partial charge in [-0.05, 0) is 18.1 Å². The van der Waals surface area contributed by atoms with Crippen LogP contribution < -0.4 is 19.7 Å². The van der Waals surface area contributed by atoms with Crippen molar-refractivity contribution in [3.05, 3.63) is 11.6 Å². The highest BCUT2D eigenvalue weighted by molar-refractivity contribution is 5.84. The molecule has 1 aromatic rings. The van der Waals surface area contributed by atoms with Crippen LogP contribution in [0.1, 0.15) is 12.0 Å². The predicted molar refractivity (Wildman–Crippen MR) is 68.6 cm³/mol. The van der Waals surface area contributed by atoms with Gasteiger partial charge in [-0.15, -0.1) is 0 Å². The zero-order valence-corrected chi connectivity index (χ0v) is 10.4. The second-order valence-electron chi connectivity index (χ2n) is 4.71. The summed E-state index contributed by atoms with van der Waals surface area (Å²) in [5.74, 6) is 1.79. The Hall–Kier alpha value is -1.58. The molecule has 92 valence electrons. The third kappa shape index (κ3) is 1.68. The fraction of sp³-hybridized carbons (Fsp3) is 0.538. The standard InChI is InChI=1S/C13H18N2O2/c1-15(2)12-11-9(4-5-14-11)8-10-13(12)17-7-3-6-16-10/h8,14H,3-7H2,1-2H3. The minimum absolute atomic E-state index is 0.729. The predicted octanol–water partition coefficient (Wildman–Crippen LogP) is 1.88. The van der Waals surface area contributed by atoms with Gasteiger partial charge in [0.05, 0.1) is 18.9 Å². The fourth-order valence-electron chi connectivity index (χ4n) is 2.48. The molecule has 4 nitrogen and oxygen atoms in total. The van der Waals surface area contributed by atoms with Crippen molar-refractivity contribution in [2.75, 3.05) is 44.1 Å². The van der Waals surface area contributed by atoms with E-state index in [-0.39, 0.29) is 0 Å². The van der Waals surface area contributed by atoms with Crippen LogP contribution in [-0.4, -0.2) is 33.9 Å². The Morgan fingerprint density at radius 3 is 2.88 bits per heavy atom. The summed E-state index contributed by atoms with van der Waals surface area (Å²) in [6.07, 6.45) is 2.01. The lowest BCUT2D eigenvalue weighted by molar-refractivity contribution is 0.297. The molecule has 1 N–H and O–H groups in total. The van der Waals surface area contributed by atoms with E-state index in [1.807, 2.05) is 14.1 Å². The molecule has 0 aromatic heterocycles. The molecule has 2 aliphatic heterocycles. The molecule has 0 unspecified atom stereocenters. The van der Waals surface area contributed by atoms with Gasteiger partial charge in [0, 0.05) is 27.1 Å². The van der Waals surface area contributed by atoms with Crippen molar-refractivity contribution in [2.45, 2.75) is 12.8 Å². The van der Waals surface area contributed by atoms with Crippen LogP contribution in [-0.2, 0) is 6.42 Å². The van der Waals surface area contributed by atoms with Crippen LogP contribution in [0, 0.1) is 0 Å². The second-order valence-corrected chi connectivity index (χ2v) is 4.71. The SMILES string of the molecule is CN(C)c1c2c(cc3c1OCCCO3)CCN2. The smallest absolute Gasteiger partial charge is 0.186 e. The lowest BCUT2D eigenvalue weighted by atomic mass is 10.1. The van der Waals surface area contributed by atoms with E-state index in [1.54, 1.807) is 0 Å². The van der Waals surface area contributed by atoms with E-state index in [0.29, 0.717) is 0 Å². The van der Waals surface area contributed by atoms with Crippen LogP contribution in [0.4, 0.5) is 11.4 Å². The summed E-state index contributed by atoms with van der Waals surface area (Å²) >= 11 is 0. The molecular formula is C13H18N2O2. The van der Waals surface area contributed by atoms with E-state index in [4.69, 9.17) is 9.47 Å². The van der Waals surface area contributed by atoms with Gasteiger partial charge in [0.15, 0.2) is 11.5 Å². The van der Waals surface area contributed by atoms with Crippen molar-refractivity contribution in [1.82, 2.24) is 0 Å². The number of hydrogen-bond acceptors (Lipinski definition) is 4. The Morgan fingerprint density at radius 2 is 2.06 bits per heavy atom. The average molecular weight is 234 g/mol. The zero-order chi connectivity index (χ0) is 11.8. The first-order valence-electron chi connectivity index (χ1n) is 6.14. The van der Waals surface area contributed by atoms with Crippen LogP contribution in [0.3, 0.4) is 0 Å². The first-order valence-corrected chi connectivity index (χ1v) is 6.14. The molecule has 0 fully saturated rings. The topological polar surface area (TPSA) is 33.7 Å². The summed E-state index contributed by atoms with van der Waals surface area (Å²) in [7, 11) is 4.09. The van der Waals surface area contributed by atoms with Crippen molar-refractivity contribution in [2.24, 2.45) is 0 Å². The van der Waals surface area contributed by atoms with Crippen LogP contribution >= 0.6 is 0 Å². The number of nitrogens with zero attached hydrogens (tertiary/aromatic N) is 1. The quantitative estimate of drug-likeness (QED) is 0.804. The minimum atomic E-state index is 0.729. The lowest BCUT2D eigenvalue weighted by Crippen LogP contribution is -2.13. The number of nitrogens with one attached hydrogen (secondary N) is 1. The van der Waals surface area contributed by atoms with E-state index in [2.05, 4.69) is 16.3 Å². The van der Waals surface area contributed by atoms with Gasteiger partial charge >= 0.3 is 0 Å². The monoisotopic (exact) mass is 234 g/mol. The fourth-order valence-corrected chi connectivity index (χ4v) is 2.48. The molecule has 4 heteroatoms. The minimum Gasteiger partial charge on any atom is -0.489 e. The lowest BCUT2D eigenvalue weighted by Gasteiger charge is -2.22. The molecule has 0 atom stereocenters. The number of rotatable bonds is 1. The molecule has 17 heavy (non-hydrogen) atoms. The van der Waals surface area contributed by atoms with E-state index in [0.717, 1.165) is 49.8 Å². The van der Waals surface area contributed by atoms with E-state index in [9.17, 15) is 0 Å². The van der Waals surface area contributed by atoms with Crippen molar-refractivity contribution >= 4 is 11.4 Å². The maximum absolute atomic E-state index is 5.86. The van der Waals surface area contributed by atoms with E-state index >= 15 is 0 Å². The van der Waals surface area contributed by atoms with Gasteiger partial charge in [-0.3, -0.25) is 0 Å². The highest BCUT2D eigenvalue weighted by Crippen LogP contribution is 2.47. The normalized spacial score (nSPS) is 17.1. The number of ether oxygens (including phenoxy) is 2. The molecule has 0 saturated heterocycles. The van der Waals surface area contributed by atoms with Crippen molar-refractivity contribution in [3.8, 4) is 11.5 Å². The van der Waals surface area contributed by atoms with Gasteiger partial charge in [0.2, 0.25) is 0 Å². The van der Waals surface area contributed by atoms with E-state index in [1.165, 1.54) is 11.3 Å². The summed E-state index contributed by atoms with van der Waals surface area (Å²) < 4.78 is 11.6. The Kier molecular flexibility index (Phi) is 2.50. The maximum atomic E-state index is 5.86. The van der Waals surface area contributed by atoms with Crippen LogP contribution in [0.2, 0.25) is 0 Å². The summed E-state index contributed by atoms with van der Waals surface area (Å²) in [4.78, 5) is 2.10. The molecule has 2 aliphatic rings. The largest absolute Gasteiger partial charge is 0.489 e. The summed E-state index contributed by atoms with van der Waals surface area (Å²) in [5.41, 5.74) is 3.66. The molecule has 2 heterocycles. The molecule has 0 spiro atoms. The molecule has 0 radical (unpaired) electrons. The number of anilines is 2. The first kappa shape index (κ1) is 10.6. The third-order valence-corrected chi connectivity index (χ3v) is 3.24. The highest BCUT2D eigenvalue weighted by Gasteiger charge is 2.25. The Labute approximate surface area is 102 Å². The Balaban J connectivity index is 2.18. The third-order valence-electron chi connectivity index (χ3n) is 3.24. The van der Waals surface area contributed by atoms with Crippen LogP contribution in [0.15, 0.2) is 6.07 Å². The van der Waals surface area contributed by atoms with Crippen molar-refractivity contribution in [1.29, 1.82) is 0 Å². The van der Waals surface area contributed by atoms with Crippen LogP contribution in [0.25, 0.3) is 0 Å². The zero-order valence-electron chi connectivity index (χ0n) is 10.4. The van der Waals surface area contributed by atoms with E-state index < -0.39 is 0 Å². The number of fused-ring (bicyclic) bond motifs is 2. The first-order chi connectivity index (χ1) is 8.27. The van der Waals surface area contributed by atoms with Crippen molar-refractivity contribution < 1.29 is 9.47 Å². The highest BCUT2D eigenvalue weighted by atomic mass is 16.5. The van der Waals surface area contributed by atoms with Gasteiger partial charge in [-0.2, -0.15) is 0 Å². The molecule has 3 rings (SSSR count). The average Bonchev–Trinajstić information content (AvgIpc) is 2.62. The molecular weight excluding hydrogens is 216 g/mol. The molecule has 0 bridgehead atoms. The van der Waals surface area contributed by atoms with Crippen molar-refractivity contribution in [3.63, 3.8) is 0 Å². The Bertz CT molecular complexity index is 444. The van der Waals surface area contributed by atoms with Gasteiger partial charge in [0.25, 0.3) is 0 Å². The Morgan fingerprint density at radius 1 is 1.24 bits per heavy atom. The van der Waals surface area contributed by atoms with Gasteiger partial charge in [-0.1, -0.05) is 0 Å². The van der Waals surface area contributed by atoms with Gasteiger partial charge in [0.1, 0.15) is 5.69 Å². The van der Waals surface area contributed by atoms with Crippen LogP contribution in [0.5, 0.6) is 11.5 Å². The van der Waals surface area contributed by atoms with Gasteiger partial charge in [-0.25, -0.2) is 0 Å².